The molecule has 0 fully saturated rings. The summed E-state index contributed by atoms with van der Waals surface area (Å²) >= 11 is 0. The van der Waals surface area contributed by atoms with Crippen LogP contribution in [0.5, 0.6) is 11.5 Å². The number of hydrogen-bond donors (Lipinski definition) is 0. The minimum Gasteiger partial charge on any atom is -0.462 e. The molecule has 0 heterocycles. The van der Waals surface area contributed by atoms with Gasteiger partial charge >= 0.3 is 11.9 Å². The summed E-state index contributed by atoms with van der Waals surface area (Å²) in [6.07, 6.45) is 4.69. The first-order valence-corrected chi connectivity index (χ1v) is 9.28. The number of allylic oxidation sites excluding steroid dienone is 1. The van der Waals surface area contributed by atoms with E-state index in [4.69, 9.17) is 14.2 Å². The largest absolute Gasteiger partial charge is 0.462 e. The van der Waals surface area contributed by atoms with Gasteiger partial charge < -0.3 is 14.2 Å². The van der Waals surface area contributed by atoms with Crippen molar-refractivity contribution >= 4 is 18.0 Å². The minimum atomic E-state index is -0.487. The van der Waals surface area contributed by atoms with E-state index in [1.54, 1.807) is 30.3 Å². The zero-order chi connectivity index (χ0) is 21.9. The van der Waals surface area contributed by atoms with Crippen LogP contribution in [0.4, 0.5) is 0 Å². The van der Waals surface area contributed by atoms with Gasteiger partial charge in [-0.1, -0.05) is 44.0 Å². The molecule has 5 nitrogen and oxygen atoms in total. The summed E-state index contributed by atoms with van der Waals surface area (Å²) in [5.41, 5.74) is 2.54. The Hall–Kier alpha value is -3.86. The predicted molar refractivity (Wildman–Crippen MR) is 117 cm³/mol. The number of hydrogen-bond acceptors (Lipinski definition) is 5. The lowest BCUT2D eigenvalue weighted by molar-refractivity contribution is -0.137. The molecule has 2 aromatic carbocycles. The van der Waals surface area contributed by atoms with Gasteiger partial charge in [-0.2, -0.15) is 0 Å². The summed E-state index contributed by atoms with van der Waals surface area (Å²) in [7, 11) is 0. The first-order valence-electron chi connectivity index (χ1n) is 9.28. The van der Waals surface area contributed by atoms with E-state index in [0.717, 1.165) is 22.8 Å². The maximum absolute atomic E-state index is 12.0. The molecule has 2 rings (SSSR count). The van der Waals surface area contributed by atoms with Crippen LogP contribution in [0.15, 0.2) is 91.8 Å². The first-order chi connectivity index (χ1) is 14.4. The summed E-state index contributed by atoms with van der Waals surface area (Å²) in [6.45, 7) is 13.0. The first kappa shape index (κ1) is 22.4. The highest BCUT2D eigenvalue weighted by atomic mass is 16.5. The van der Waals surface area contributed by atoms with Crippen LogP contribution in [0.1, 0.15) is 18.1 Å². The smallest absolute Gasteiger partial charge is 0.336 e. The Labute approximate surface area is 176 Å². The molecule has 0 N–H and O–H groups in total. The average Bonchev–Trinajstić information content (AvgIpc) is 2.74. The highest BCUT2D eigenvalue weighted by Crippen LogP contribution is 2.18. The summed E-state index contributed by atoms with van der Waals surface area (Å²) < 4.78 is 15.8. The molecule has 0 unspecified atom stereocenters. The Morgan fingerprint density at radius 1 is 0.900 bits per heavy atom. The fraction of sp³-hybridized carbons (Fsp3) is 0.120. The molecular formula is C25H24O5. The van der Waals surface area contributed by atoms with Gasteiger partial charge in [0.2, 0.25) is 0 Å². The van der Waals surface area contributed by atoms with Gasteiger partial charge in [-0.05, 0) is 54.0 Å². The SMILES string of the molecule is C=CC(=O)OCCc1ccc(OC(=O)/C=C/c2ccc(OC(=C)C(=C)C)cc2)cc1. The molecule has 0 radical (unpaired) electrons. The van der Waals surface area contributed by atoms with Crippen LogP contribution in [0.3, 0.4) is 0 Å². The van der Waals surface area contributed by atoms with Crippen molar-refractivity contribution in [2.24, 2.45) is 0 Å². The molecule has 0 bridgehead atoms. The van der Waals surface area contributed by atoms with Gasteiger partial charge in [-0.15, -0.1) is 0 Å². The molecule has 5 heteroatoms. The number of carbonyl (C=O) groups excluding carboxylic acids is 2. The summed E-state index contributed by atoms with van der Waals surface area (Å²) in [5, 5.41) is 0. The van der Waals surface area contributed by atoms with Crippen LogP contribution in [0.2, 0.25) is 0 Å². The van der Waals surface area contributed by atoms with E-state index < -0.39 is 11.9 Å². The molecule has 0 spiro atoms. The van der Waals surface area contributed by atoms with Crippen molar-refractivity contribution in [2.45, 2.75) is 13.3 Å². The zero-order valence-corrected chi connectivity index (χ0v) is 16.9. The maximum Gasteiger partial charge on any atom is 0.336 e. The van der Waals surface area contributed by atoms with E-state index in [1.165, 1.54) is 6.08 Å². The van der Waals surface area contributed by atoms with E-state index in [9.17, 15) is 9.59 Å². The second kappa shape index (κ2) is 11.2. The number of rotatable bonds is 10. The molecule has 0 atom stereocenters. The maximum atomic E-state index is 12.0. The third-order valence-electron chi connectivity index (χ3n) is 3.95. The van der Waals surface area contributed by atoms with E-state index in [2.05, 4.69) is 19.7 Å². The molecule has 0 saturated carbocycles. The van der Waals surface area contributed by atoms with E-state index in [0.29, 0.717) is 23.7 Å². The molecule has 0 aliphatic rings. The molecule has 0 saturated heterocycles. The van der Waals surface area contributed by atoms with Gasteiger partial charge in [0.25, 0.3) is 0 Å². The van der Waals surface area contributed by atoms with Crippen LogP contribution < -0.4 is 9.47 Å². The van der Waals surface area contributed by atoms with Crippen LogP contribution in [0, 0.1) is 0 Å². The van der Waals surface area contributed by atoms with E-state index >= 15 is 0 Å². The highest BCUT2D eigenvalue weighted by molar-refractivity contribution is 5.88. The Kier molecular flexibility index (Phi) is 8.39. The van der Waals surface area contributed by atoms with Crippen LogP contribution in [-0.4, -0.2) is 18.5 Å². The Bertz CT molecular complexity index is 950. The number of ether oxygens (including phenoxy) is 3. The minimum absolute atomic E-state index is 0.262. The van der Waals surface area contributed by atoms with Crippen molar-refractivity contribution in [1.82, 2.24) is 0 Å². The molecule has 2 aromatic rings. The van der Waals surface area contributed by atoms with Gasteiger partial charge in [0.05, 0.1) is 6.61 Å². The molecule has 30 heavy (non-hydrogen) atoms. The van der Waals surface area contributed by atoms with Crippen molar-refractivity contribution in [3.05, 3.63) is 103 Å². The summed E-state index contributed by atoms with van der Waals surface area (Å²) in [5.74, 6) is 0.636. The van der Waals surface area contributed by atoms with Gasteiger partial charge in [-0.25, -0.2) is 9.59 Å². The quantitative estimate of drug-likeness (QED) is 0.182. The van der Waals surface area contributed by atoms with Gasteiger partial charge in [0.1, 0.15) is 17.3 Å². The summed E-state index contributed by atoms with van der Waals surface area (Å²) in [6, 6.07) is 14.2. The fourth-order valence-electron chi connectivity index (χ4n) is 2.24. The molecular weight excluding hydrogens is 380 g/mol. The standard InChI is InChI=1S/C25H24O5/c1-5-24(26)28-17-16-21-8-13-23(14-9-21)30-25(27)15-10-20-6-11-22(12-7-20)29-19(4)18(2)3/h5-15H,1-2,4,16-17H2,3H3/b15-10+. The number of benzene rings is 2. The van der Waals surface area contributed by atoms with Crippen molar-refractivity contribution in [1.29, 1.82) is 0 Å². The number of esters is 2. The van der Waals surface area contributed by atoms with E-state index in [-0.39, 0.29) is 6.61 Å². The van der Waals surface area contributed by atoms with Crippen molar-refractivity contribution < 1.29 is 23.8 Å². The molecule has 0 aliphatic heterocycles. The highest BCUT2D eigenvalue weighted by Gasteiger charge is 2.03. The molecule has 0 aliphatic carbocycles. The fourth-order valence-corrected chi connectivity index (χ4v) is 2.24. The topological polar surface area (TPSA) is 61.8 Å². The van der Waals surface area contributed by atoms with Crippen LogP contribution in [0.25, 0.3) is 6.08 Å². The second-order valence-corrected chi connectivity index (χ2v) is 6.39. The lowest BCUT2D eigenvalue weighted by Crippen LogP contribution is -2.05. The lowest BCUT2D eigenvalue weighted by Gasteiger charge is -2.08. The van der Waals surface area contributed by atoms with E-state index in [1.807, 2.05) is 31.2 Å². The lowest BCUT2D eigenvalue weighted by atomic mass is 10.1. The Morgan fingerprint density at radius 2 is 1.50 bits per heavy atom. The summed E-state index contributed by atoms with van der Waals surface area (Å²) in [4.78, 5) is 23.0. The van der Waals surface area contributed by atoms with Gasteiger partial charge in [-0.3, -0.25) is 0 Å². The Balaban J connectivity index is 1.84. The number of carbonyl (C=O) groups is 2. The molecule has 0 aromatic heterocycles. The molecule has 0 amide bonds. The third kappa shape index (κ3) is 7.64. The monoisotopic (exact) mass is 404 g/mol. The van der Waals surface area contributed by atoms with Gasteiger partial charge in [0, 0.05) is 18.6 Å². The van der Waals surface area contributed by atoms with Crippen LogP contribution >= 0.6 is 0 Å². The normalized spacial score (nSPS) is 10.3. The van der Waals surface area contributed by atoms with Crippen LogP contribution in [-0.2, 0) is 20.7 Å². The van der Waals surface area contributed by atoms with Crippen molar-refractivity contribution in [2.75, 3.05) is 6.61 Å². The zero-order valence-electron chi connectivity index (χ0n) is 16.9. The second-order valence-electron chi connectivity index (χ2n) is 6.39. The van der Waals surface area contributed by atoms with Crippen molar-refractivity contribution in [3.63, 3.8) is 0 Å². The molecule has 154 valence electrons. The average molecular weight is 404 g/mol. The Morgan fingerprint density at radius 3 is 2.10 bits per heavy atom. The van der Waals surface area contributed by atoms with Crippen molar-refractivity contribution in [3.8, 4) is 11.5 Å². The predicted octanol–water partition coefficient (Wildman–Crippen LogP) is 5.05. The van der Waals surface area contributed by atoms with Gasteiger partial charge in [0.15, 0.2) is 0 Å². The third-order valence-corrected chi connectivity index (χ3v) is 3.95.